The SMILES string of the molecule is COc1cc2c(cc1O)C1(CC2(C)C)CC(C)(C)c2cc3c(cc21)OC(C)C(C)O3. The smallest absolute Gasteiger partial charge is 0.162 e. The highest BCUT2D eigenvalue weighted by Gasteiger charge is 2.57. The summed E-state index contributed by atoms with van der Waals surface area (Å²) in [6.45, 7) is 13.3. The van der Waals surface area contributed by atoms with Crippen LogP contribution in [0.5, 0.6) is 23.0 Å². The number of rotatable bonds is 1. The van der Waals surface area contributed by atoms with Gasteiger partial charge in [0.25, 0.3) is 0 Å². The van der Waals surface area contributed by atoms with E-state index in [1.165, 1.54) is 22.3 Å². The van der Waals surface area contributed by atoms with Crippen molar-refractivity contribution in [3.05, 3.63) is 46.5 Å². The fourth-order valence-corrected chi connectivity index (χ4v) is 6.27. The summed E-state index contributed by atoms with van der Waals surface area (Å²) in [5, 5.41) is 10.7. The number of benzene rings is 2. The first kappa shape index (κ1) is 19.6. The predicted octanol–water partition coefficient (Wildman–Crippen LogP) is 5.60. The van der Waals surface area contributed by atoms with Crippen molar-refractivity contribution < 1.29 is 19.3 Å². The molecule has 0 bridgehead atoms. The Morgan fingerprint density at radius 2 is 1.27 bits per heavy atom. The molecule has 1 heterocycles. The van der Waals surface area contributed by atoms with Crippen LogP contribution in [0.3, 0.4) is 0 Å². The van der Waals surface area contributed by atoms with Gasteiger partial charge in [-0.1, -0.05) is 27.7 Å². The van der Waals surface area contributed by atoms with Crippen molar-refractivity contribution in [2.45, 2.75) is 82.8 Å². The Morgan fingerprint density at radius 3 is 1.80 bits per heavy atom. The summed E-state index contributed by atoms with van der Waals surface area (Å²) >= 11 is 0. The van der Waals surface area contributed by atoms with Gasteiger partial charge in [-0.15, -0.1) is 0 Å². The van der Waals surface area contributed by atoms with E-state index < -0.39 is 0 Å². The van der Waals surface area contributed by atoms with E-state index in [1.54, 1.807) is 7.11 Å². The van der Waals surface area contributed by atoms with Gasteiger partial charge in [0.2, 0.25) is 0 Å². The molecule has 3 aliphatic rings. The van der Waals surface area contributed by atoms with Gasteiger partial charge < -0.3 is 19.3 Å². The third-order valence-electron chi connectivity index (χ3n) is 7.67. The van der Waals surface area contributed by atoms with Crippen molar-refractivity contribution in [1.29, 1.82) is 0 Å². The number of aromatic hydroxyl groups is 1. The molecule has 1 aliphatic heterocycles. The van der Waals surface area contributed by atoms with Gasteiger partial charge in [0.1, 0.15) is 12.2 Å². The standard InChI is InChI=1S/C26H32O4/c1-14-15(2)30-23-11-19-17(10-22(23)29-14)25(5,6)13-26(19)12-24(3,4)16-9-21(28-7)20(27)8-18(16)26/h8-11,14-15,27H,12-13H2,1-7H3. The second-order valence-electron chi connectivity index (χ2n) is 10.8. The molecule has 1 N–H and O–H groups in total. The molecular formula is C26H32O4. The zero-order chi connectivity index (χ0) is 21.6. The number of methoxy groups -OCH3 is 1. The average molecular weight is 409 g/mol. The maximum atomic E-state index is 10.7. The van der Waals surface area contributed by atoms with E-state index in [-0.39, 0.29) is 34.2 Å². The second kappa shape index (κ2) is 5.87. The molecule has 4 heteroatoms. The van der Waals surface area contributed by atoms with Crippen molar-refractivity contribution in [2.75, 3.05) is 7.11 Å². The van der Waals surface area contributed by atoms with Crippen LogP contribution in [0.4, 0.5) is 0 Å². The summed E-state index contributed by atoms with van der Waals surface area (Å²) in [6.07, 6.45) is 2.03. The van der Waals surface area contributed by atoms with Crippen LogP contribution >= 0.6 is 0 Å². The normalized spacial score (nSPS) is 29.6. The van der Waals surface area contributed by atoms with E-state index >= 15 is 0 Å². The maximum Gasteiger partial charge on any atom is 0.162 e. The topological polar surface area (TPSA) is 47.9 Å². The van der Waals surface area contributed by atoms with Gasteiger partial charge in [-0.3, -0.25) is 0 Å². The predicted molar refractivity (Wildman–Crippen MR) is 117 cm³/mol. The molecule has 2 aromatic carbocycles. The lowest BCUT2D eigenvalue weighted by molar-refractivity contribution is 0.0427. The van der Waals surface area contributed by atoms with E-state index in [1.807, 2.05) is 12.1 Å². The van der Waals surface area contributed by atoms with Crippen LogP contribution in [0, 0.1) is 0 Å². The van der Waals surface area contributed by atoms with Crippen LogP contribution in [0.1, 0.15) is 76.6 Å². The van der Waals surface area contributed by atoms with Crippen LogP contribution in [0.2, 0.25) is 0 Å². The zero-order valence-corrected chi connectivity index (χ0v) is 19.1. The van der Waals surface area contributed by atoms with Gasteiger partial charge in [-0.25, -0.2) is 0 Å². The summed E-state index contributed by atoms with van der Waals surface area (Å²) in [6, 6.07) is 8.40. The fraction of sp³-hybridized carbons (Fsp3) is 0.538. The van der Waals surface area contributed by atoms with E-state index in [4.69, 9.17) is 14.2 Å². The third-order valence-corrected chi connectivity index (χ3v) is 7.67. The Labute approximate surface area is 179 Å². The van der Waals surface area contributed by atoms with Crippen LogP contribution in [0.15, 0.2) is 24.3 Å². The van der Waals surface area contributed by atoms with Crippen molar-refractivity contribution >= 4 is 0 Å². The Hall–Kier alpha value is -2.36. The first-order valence-electron chi connectivity index (χ1n) is 10.9. The molecule has 0 radical (unpaired) electrons. The summed E-state index contributed by atoms with van der Waals surface area (Å²) in [5.41, 5.74) is 4.93. The van der Waals surface area contributed by atoms with Crippen molar-refractivity contribution in [2.24, 2.45) is 0 Å². The molecule has 0 saturated carbocycles. The van der Waals surface area contributed by atoms with E-state index in [0.29, 0.717) is 5.75 Å². The number of ether oxygens (including phenoxy) is 3. The molecule has 160 valence electrons. The molecule has 0 amide bonds. The van der Waals surface area contributed by atoms with Gasteiger partial charge in [0.05, 0.1) is 7.11 Å². The Kier molecular flexibility index (Phi) is 3.83. The van der Waals surface area contributed by atoms with Crippen LogP contribution < -0.4 is 14.2 Å². The van der Waals surface area contributed by atoms with Crippen molar-refractivity contribution in [3.63, 3.8) is 0 Å². The van der Waals surface area contributed by atoms with Gasteiger partial charge in [0.15, 0.2) is 23.0 Å². The Morgan fingerprint density at radius 1 is 0.800 bits per heavy atom. The highest BCUT2D eigenvalue weighted by molar-refractivity contribution is 5.65. The number of fused-ring (bicyclic) bond motifs is 5. The maximum absolute atomic E-state index is 10.7. The second-order valence-corrected chi connectivity index (χ2v) is 10.8. The lowest BCUT2D eigenvalue weighted by Crippen LogP contribution is -2.35. The van der Waals surface area contributed by atoms with Crippen molar-refractivity contribution in [3.8, 4) is 23.0 Å². The lowest BCUT2D eigenvalue weighted by atomic mass is 9.72. The summed E-state index contributed by atoms with van der Waals surface area (Å²) in [5.74, 6) is 2.43. The lowest BCUT2D eigenvalue weighted by Gasteiger charge is -2.33. The molecule has 1 spiro atoms. The minimum absolute atomic E-state index is 0.00669. The van der Waals surface area contributed by atoms with Gasteiger partial charge >= 0.3 is 0 Å². The molecule has 0 fully saturated rings. The molecule has 0 saturated heterocycles. The monoisotopic (exact) mass is 408 g/mol. The quantitative estimate of drug-likeness (QED) is 0.667. The first-order valence-corrected chi connectivity index (χ1v) is 10.9. The van der Waals surface area contributed by atoms with E-state index in [2.05, 4.69) is 53.7 Å². The fourth-order valence-electron chi connectivity index (χ4n) is 6.27. The van der Waals surface area contributed by atoms with Crippen LogP contribution in [0.25, 0.3) is 0 Å². The van der Waals surface area contributed by atoms with Crippen molar-refractivity contribution in [1.82, 2.24) is 0 Å². The number of phenolic OH excluding ortho intramolecular Hbond substituents is 1. The summed E-state index contributed by atoms with van der Waals surface area (Å²) < 4.78 is 17.9. The molecule has 3 atom stereocenters. The van der Waals surface area contributed by atoms with Crippen LogP contribution in [-0.4, -0.2) is 24.4 Å². The highest BCUT2D eigenvalue weighted by atomic mass is 16.6. The highest BCUT2D eigenvalue weighted by Crippen LogP contribution is 2.65. The molecule has 2 aliphatic carbocycles. The summed E-state index contributed by atoms with van der Waals surface area (Å²) in [7, 11) is 1.61. The molecule has 5 rings (SSSR count). The third kappa shape index (κ3) is 2.45. The minimum Gasteiger partial charge on any atom is -0.504 e. The van der Waals surface area contributed by atoms with Gasteiger partial charge in [-0.05, 0) is 84.0 Å². The molecule has 4 nitrogen and oxygen atoms in total. The Balaban J connectivity index is 1.76. The number of phenols is 1. The van der Waals surface area contributed by atoms with Gasteiger partial charge in [0, 0.05) is 5.41 Å². The minimum atomic E-state index is -0.161. The molecule has 30 heavy (non-hydrogen) atoms. The van der Waals surface area contributed by atoms with Crippen LogP contribution in [-0.2, 0) is 16.2 Å². The zero-order valence-electron chi connectivity index (χ0n) is 19.1. The molecular weight excluding hydrogens is 376 g/mol. The largest absolute Gasteiger partial charge is 0.504 e. The summed E-state index contributed by atoms with van der Waals surface area (Å²) in [4.78, 5) is 0. The molecule has 3 unspecified atom stereocenters. The molecule has 0 aromatic heterocycles. The van der Waals surface area contributed by atoms with E-state index in [9.17, 15) is 5.11 Å². The number of hydrogen-bond donors (Lipinski definition) is 1. The molecule has 2 aromatic rings. The number of hydrogen-bond acceptors (Lipinski definition) is 4. The first-order chi connectivity index (χ1) is 14.0. The average Bonchev–Trinajstić information content (AvgIpc) is 3.00. The Bertz CT molecular complexity index is 1050. The van der Waals surface area contributed by atoms with E-state index in [0.717, 1.165) is 24.3 Å². The van der Waals surface area contributed by atoms with Gasteiger partial charge in [-0.2, -0.15) is 0 Å².